The van der Waals surface area contributed by atoms with Gasteiger partial charge in [-0.25, -0.2) is 9.37 Å². The number of carbonyl (C=O) groups is 1. The van der Waals surface area contributed by atoms with Gasteiger partial charge in [-0.15, -0.1) is 0 Å². The summed E-state index contributed by atoms with van der Waals surface area (Å²) >= 11 is 6.93. The molecule has 110 valence electrons. The van der Waals surface area contributed by atoms with Gasteiger partial charge in [-0.1, -0.05) is 22.9 Å². The van der Waals surface area contributed by atoms with Gasteiger partial charge in [0.15, 0.2) is 5.13 Å². The molecule has 2 aromatic rings. The SMILES string of the molecule is Nc1nc(NC2CC2)sc1C(=O)Nc1cc(Cl)ccc1F. The lowest BCUT2D eigenvalue weighted by Crippen LogP contribution is -2.13. The number of nitrogens with zero attached hydrogens (tertiary/aromatic N) is 1. The van der Waals surface area contributed by atoms with Crippen molar-refractivity contribution in [3.05, 3.63) is 33.9 Å². The highest BCUT2D eigenvalue weighted by Gasteiger charge is 2.24. The van der Waals surface area contributed by atoms with Crippen LogP contribution in [0.5, 0.6) is 0 Å². The van der Waals surface area contributed by atoms with Crippen molar-refractivity contribution in [1.82, 2.24) is 4.98 Å². The molecule has 1 saturated carbocycles. The molecule has 1 heterocycles. The number of amides is 1. The third-order valence-electron chi connectivity index (χ3n) is 2.94. The molecule has 4 N–H and O–H groups in total. The molecule has 0 bridgehead atoms. The molecule has 8 heteroatoms. The molecule has 0 saturated heterocycles. The van der Waals surface area contributed by atoms with E-state index in [2.05, 4.69) is 15.6 Å². The van der Waals surface area contributed by atoms with Crippen LogP contribution in [0.2, 0.25) is 5.02 Å². The standard InChI is InChI=1S/C13H12ClFN4OS/c14-6-1-4-8(15)9(5-6)18-12(20)10-11(16)19-13(21-10)17-7-2-3-7/h1,4-5,7H,2-3,16H2,(H,17,19)(H,18,20). The first kappa shape index (κ1) is 14.1. The van der Waals surface area contributed by atoms with Crippen molar-refractivity contribution >= 4 is 45.5 Å². The van der Waals surface area contributed by atoms with Gasteiger partial charge in [0.1, 0.15) is 16.5 Å². The Morgan fingerprint density at radius 3 is 2.95 bits per heavy atom. The van der Waals surface area contributed by atoms with Crippen LogP contribution in [0.15, 0.2) is 18.2 Å². The third kappa shape index (κ3) is 3.25. The lowest BCUT2D eigenvalue weighted by Gasteiger charge is -2.05. The summed E-state index contributed by atoms with van der Waals surface area (Å²) in [6.07, 6.45) is 2.18. The molecule has 21 heavy (non-hydrogen) atoms. The molecule has 1 fully saturated rings. The first-order valence-electron chi connectivity index (χ1n) is 6.32. The number of nitrogen functional groups attached to an aromatic ring is 1. The number of halogens is 2. The van der Waals surface area contributed by atoms with Crippen molar-refractivity contribution in [2.45, 2.75) is 18.9 Å². The van der Waals surface area contributed by atoms with Gasteiger partial charge in [0, 0.05) is 11.1 Å². The molecule has 1 aromatic carbocycles. The number of anilines is 3. The number of nitrogens with two attached hydrogens (primary N) is 1. The Balaban J connectivity index is 1.78. The Bertz CT molecular complexity index is 701. The van der Waals surface area contributed by atoms with Gasteiger partial charge >= 0.3 is 0 Å². The van der Waals surface area contributed by atoms with Crippen molar-refractivity contribution in [3.8, 4) is 0 Å². The average molecular weight is 327 g/mol. The number of nitrogens with one attached hydrogen (secondary N) is 2. The highest BCUT2D eigenvalue weighted by atomic mass is 35.5. The van der Waals surface area contributed by atoms with Crippen molar-refractivity contribution in [1.29, 1.82) is 0 Å². The smallest absolute Gasteiger partial charge is 0.269 e. The van der Waals surface area contributed by atoms with Gasteiger partial charge in [-0.05, 0) is 31.0 Å². The number of benzene rings is 1. The van der Waals surface area contributed by atoms with E-state index in [1.807, 2.05) is 0 Å². The number of aromatic nitrogens is 1. The first-order valence-corrected chi connectivity index (χ1v) is 7.51. The second kappa shape index (κ2) is 5.50. The van der Waals surface area contributed by atoms with Crippen LogP contribution in [0.3, 0.4) is 0 Å². The minimum absolute atomic E-state index is 0.0111. The van der Waals surface area contributed by atoms with Gasteiger partial charge in [0.2, 0.25) is 0 Å². The topological polar surface area (TPSA) is 80.0 Å². The second-order valence-electron chi connectivity index (χ2n) is 4.73. The molecule has 0 atom stereocenters. The summed E-state index contributed by atoms with van der Waals surface area (Å²) in [4.78, 5) is 16.5. The largest absolute Gasteiger partial charge is 0.382 e. The molecule has 0 radical (unpaired) electrons. The fourth-order valence-corrected chi connectivity index (χ4v) is 2.76. The Kier molecular flexibility index (Phi) is 3.69. The molecule has 1 aromatic heterocycles. The van der Waals surface area contributed by atoms with E-state index >= 15 is 0 Å². The maximum atomic E-state index is 13.6. The van der Waals surface area contributed by atoms with Gasteiger partial charge in [-0.2, -0.15) is 0 Å². The highest BCUT2D eigenvalue weighted by molar-refractivity contribution is 7.18. The zero-order valence-corrected chi connectivity index (χ0v) is 12.4. The van der Waals surface area contributed by atoms with Gasteiger partial charge < -0.3 is 16.4 Å². The summed E-state index contributed by atoms with van der Waals surface area (Å²) in [7, 11) is 0. The van der Waals surface area contributed by atoms with Crippen molar-refractivity contribution in [2.24, 2.45) is 0 Å². The normalized spacial score (nSPS) is 14.0. The lowest BCUT2D eigenvalue weighted by atomic mass is 10.3. The first-order chi connectivity index (χ1) is 10.0. The minimum Gasteiger partial charge on any atom is -0.382 e. The molecule has 1 aliphatic carbocycles. The predicted octanol–water partition coefficient (Wildman–Crippen LogP) is 3.34. The van der Waals surface area contributed by atoms with E-state index in [9.17, 15) is 9.18 Å². The van der Waals surface area contributed by atoms with Crippen LogP contribution in [0.1, 0.15) is 22.5 Å². The van der Waals surface area contributed by atoms with E-state index in [0.717, 1.165) is 24.2 Å². The number of carbonyl (C=O) groups excluding carboxylic acids is 1. The fraction of sp³-hybridized carbons (Fsp3) is 0.231. The van der Waals surface area contributed by atoms with Crippen LogP contribution in [-0.4, -0.2) is 16.9 Å². The highest BCUT2D eigenvalue weighted by Crippen LogP contribution is 2.31. The van der Waals surface area contributed by atoms with Crippen molar-refractivity contribution in [3.63, 3.8) is 0 Å². The van der Waals surface area contributed by atoms with Crippen LogP contribution in [-0.2, 0) is 0 Å². The van der Waals surface area contributed by atoms with Gasteiger partial charge in [0.05, 0.1) is 5.69 Å². The van der Waals surface area contributed by atoms with Crippen LogP contribution >= 0.6 is 22.9 Å². The molecule has 1 aliphatic rings. The number of rotatable bonds is 4. The zero-order chi connectivity index (χ0) is 15.0. The van der Waals surface area contributed by atoms with Crippen molar-refractivity contribution < 1.29 is 9.18 Å². The molecule has 0 aliphatic heterocycles. The van der Waals surface area contributed by atoms with E-state index < -0.39 is 11.7 Å². The van der Waals surface area contributed by atoms with E-state index in [-0.39, 0.29) is 16.4 Å². The molecule has 1 amide bonds. The Morgan fingerprint density at radius 2 is 2.24 bits per heavy atom. The molecular formula is C13H12ClFN4OS. The fourth-order valence-electron chi connectivity index (χ4n) is 1.73. The Morgan fingerprint density at radius 1 is 1.48 bits per heavy atom. The number of hydrogen-bond acceptors (Lipinski definition) is 5. The zero-order valence-electron chi connectivity index (χ0n) is 10.8. The Hall–Kier alpha value is -1.86. The summed E-state index contributed by atoms with van der Waals surface area (Å²) in [5.41, 5.74) is 5.75. The van der Waals surface area contributed by atoms with Gasteiger partial charge in [0.25, 0.3) is 5.91 Å². The molecule has 0 spiro atoms. The maximum absolute atomic E-state index is 13.6. The third-order valence-corrected chi connectivity index (χ3v) is 4.18. The van der Waals surface area contributed by atoms with Crippen LogP contribution in [0, 0.1) is 5.82 Å². The summed E-state index contributed by atoms with van der Waals surface area (Å²) in [6.45, 7) is 0. The Labute approximate surface area is 129 Å². The van der Waals surface area contributed by atoms with Crippen LogP contribution in [0.4, 0.5) is 21.0 Å². The van der Waals surface area contributed by atoms with Crippen LogP contribution < -0.4 is 16.4 Å². The molecule has 0 unspecified atom stereocenters. The lowest BCUT2D eigenvalue weighted by molar-refractivity contribution is 0.103. The van der Waals surface area contributed by atoms with E-state index in [4.69, 9.17) is 17.3 Å². The number of thiazole rings is 1. The summed E-state index contributed by atoms with van der Waals surface area (Å²) in [6, 6.07) is 4.35. The van der Waals surface area contributed by atoms with Gasteiger partial charge in [-0.3, -0.25) is 4.79 Å². The average Bonchev–Trinajstić information content (AvgIpc) is 3.16. The summed E-state index contributed by atoms with van der Waals surface area (Å²) in [5, 5.41) is 6.56. The molecular weight excluding hydrogens is 315 g/mol. The van der Waals surface area contributed by atoms with E-state index in [0.29, 0.717) is 16.2 Å². The second-order valence-corrected chi connectivity index (χ2v) is 6.17. The van der Waals surface area contributed by atoms with E-state index in [1.54, 1.807) is 0 Å². The van der Waals surface area contributed by atoms with Crippen LogP contribution in [0.25, 0.3) is 0 Å². The molecule has 5 nitrogen and oxygen atoms in total. The monoisotopic (exact) mass is 326 g/mol. The maximum Gasteiger partial charge on any atom is 0.269 e. The molecule has 3 rings (SSSR count). The van der Waals surface area contributed by atoms with E-state index in [1.165, 1.54) is 18.2 Å². The predicted molar refractivity (Wildman–Crippen MR) is 82.5 cm³/mol. The summed E-state index contributed by atoms with van der Waals surface area (Å²) in [5.74, 6) is -0.940. The minimum atomic E-state index is -0.563. The van der Waals surface area contributed by atoms with Crippen molar-refractivity contribution in [2.75, 3.05) is 16.4 Å². The number of hydrogen-bond donors (Lipinski definition) is 3. The summed E-state index contributed by atoms with van der Waals surface area (Å²) < 4.78 is 13.6. The quantitative estimate of drug-likeness (QED) is 0.805.